The average molecular weight is 286 g/mol. The van der Waals surface area contributed by atoms with E-state index in [1.807, 2.05) is 13.8 Å². The van der Waals surface area contributed by atoms with Crippen LogP contribution in [0.3, 0.4) is 0 Å². The molecule has 0 aliphatic heterocycles. The van der Waals surface area contributed by atoms with Gasteiger partial charge < -0.3 is 9.30 Å². The van der Waals surface area contributed by atoms with E-state index in [2.05, 4.69) is 4.98 Å². The molecule has 0 bridgehead atoms. The largest absolute Gasteiger partial charge is 0.491 e. The second kappa shape index (κ2) is 6.35. The SMILES string of the molecule is CC(C)Oc1ccc(C(=O)CC(=O)c2nccn2C)cc1. The first kappa shape index (κ1) is 15.0. The number of hydrogen-bond acceptors (Lipinski definition) is 4. The van der Waals surface area contributed by atoms with Gasteiger partial charge in [0, 0.05) is 25.0 Å². The summed E-state index contributed by atoms with van der Waals surface area (Å²) in [5.74, 6) is 0.495. The molecule has 0 saturated carbocycles. The van der Waals surface area contributed by atoms with Gasteiger partial charge in [0.2, 0.25) is 5.78 Å². The molecule has 0 radical (unpaired) electrons. The first-order valence-corrected chi connectivity index (χ1v) is 6.78. The van der Waals surface area contributed by atoms with Crippen LogP contribution >= 0.6 is 0 Å². The first-order chi connectivity index (χ1) is 9.97. The van der Waals surface area contributed by atoms with Crippen LogP contribution < -0.4 is 4.74 Å². The van der Waals surface area contributed by atoms with Crippen LogP contribution in [0.2, 0.25) is 0 Å². The number of ketones is 2. The molecule has 0 atom stereocenters. The summed E-state index contributed by atoms with van der Waals surface area (Å²) < 4.78 is 7.12. The average Bonchev–Trinajstić information content (AvgIpc) is 2.85. The molecule has 5 heteroatoms. The van der Waals surface area contributed by atoms with Gasteiger partial charge >= 0.3 is 0 Å². The lowest BCUT2D eigenvalue weighted by Crippen LogP contribution is -2.13. The third-order valence-electron chi connectivity index (χ3n) is 2.94. The van der Waals surface area contributed by atoms with Crippen molar-refractivity contribution in [3.8, 4) is 5.75 Å². The van der Waals surface area contributed by atoms with Gasteiger partial charge in [0.25, 0.3) is 0 Å². The summed E-state index contributed by atoms with van der Waals surface area (Å²) in [5, 5.41) is 0. The minimum atomic E-state index is -0.282. The van der Waals surface area contributed by atoms with Gasteiger partial charge in [0.1, 0.15) is 5.75 Å². The molecule has 0 aliphatic rings. The number of rotatable bonds is 6. The summed E-state index contributed by atoms with van der Waals surface area (Å²) in [5.41, 5.74) is 0.494. The summed E-state index contributed by atoms with van der Waals surface area (Å²) in [4.78, 5) is 28.0. The van der Waals surface area contributed by atoms with Crippen LogP contribution in [0.5, 0.6) is 5.75 Å². The molecular weight excluding hydrogens is 268 g/mol. The van der Waals surface area contributed by atoms with E-state index < -0.39 is 0 Å². The van der Waals surface area contributed by atoms with Crippen molar-refractivity contribution in [3.05, 3.63) is 48.0 Å². The van der Waals surface area contributed by atoms with Crippen LogP contribution in [-0.4, -0.2) is 27.2 Å². The number of hydrogen-bond donors (Lipinski definition) is 0. The lowest BCUT2D eigenvalue weighted by atomic mass is 10.1. The molecule has 0 aliphatic carbocycles. The van der Waals surface area contributed by atoms with E-state index in [0.717, 1.165) is 0 Å². The molecule has 0 fully saturated rings. The topological polar surface area (TPSA) is 61.2 Å². The van der Waals surface area contributed by atoms with E-state index in [-0.39, 0.29) is 24.1 Å². The second-order valence-corrected chi connectivity index (χ2v) is 5.08. The quantitative estimate of drug-likeness (QED) is 0.605. The van der Waals surface area contributed by atoms with E-state index in [1.165, 1.54) is 6.20 Å². The van der Waals surface area contributed by atoms with Crippen molar-refractivity contribution in [2.24, 2.45) is 7.05 Å². The zero-order chi connectivity index (χ0) is 15.4. The minimum absolute atomic E-state index is 0.0801. The molecular formula is C16H18N2O3. The highest BCUT2D eigenvalue weighted by atomic mass is 16.5. The smallest absolute Gasteiger partial charge is 0.205 e. The molecule has 2 rings (SSSR count). The number of Topliss-reactive ketones (excluding diaryl/α,β-unsaturated/α-hetero) is 2. The monoisotopic (exact) mass is 286 g/mol. The summed E-state index contributed by atoms with van der Waals surface area (Å²) in [6.45, 7) is 3.87. The third-order valence-corrected chi connectivity index (χ3v) is 2.94. The molecule has 1 heterocycles. The maximum atomic E-state index is 12.1. The summed E-state index contributed by atoms with van der Waals surface area (Å²) in [7, 11) is 1.72. The zero-order valence-electron chi connectivity index (χ0n) is 12.4. The van der Waals surface area contributed by atoms with Crippen molar-refractivity contribution >= 4 is 11.6 Å². The Balaban J connectivity index is 2.03. The highest BCUT2D eigenvalue weighted by Crippen LogP contribution is 2.15. The van der Waals surface area contributed by atoms with Crippen molar-refractivity contribution in [1.82, 2.24) is 9.55 Å². The lowest BCUT2D eigenvalue weighted by Gasteiger charge is -2.09. The van der Waals surface area contributed by atoms with Gasteiger partial charge in [0.15, 0.2) is 11.6 Å². The number of carbonyl (C=O) groups is 2. The number of benzene rings is 1. The first-order valence-electron chi connectivity index (χ1n) is 6.78. The molecule has 0 unspecified atom stereocenters. The van der Waals surface area contributed by atoms with Crippen LogP contribution in [0, 0.1) is 0 Å². The standard InChI is InChI=1S/C16H18N2O3/c1-11(2)21-13-6-4-12(5-7-13)14(19)10-15(20)16-17-8-9-18(16)3/h4-9,11H,10H2,1-3H3. The van der Waals surface area contributed by atoms with Crippen LogP contribution in [0.4, 0.5) is 0 Å². The summed E-state index contributed by atoms with van der Waals surface area (Å²) >= 11 is 0. The van der Waals surface area contributed by atoms with E-state index in [0.29, 0.717) is 17.1 Å². The zero-order valence-corrected chi connectivity index (χ0v) is 12.4. The van der Waals surface area contributed by atoms with Gasteiger partial charge in [-0.05, 0) is 38.1 Å². The molecule has 0 spiro atoms. The number of ether oxygens (including phenoxy) is 1. The maximum absolute atomic E-state index is 12.1. The number of aryl methyl sites for hydroxylation is 1. The summed E-state index contributed by atoms with van der Waals surface area (Å²) in [6, 6.07) is 6.81. The summed E-state index contributed by atoms with van der Waals surface area (Å²) in [6.07, 6.45) is 3.11. The van der Waals surface area contributed by atoms with Crippen LogP contribution in [0.15, 0.2) is 36.7 Å². The number of imidazole rings is 1. The molecule has 0 amide bonds. The fraction of sp³-hybridized carbons (Fsp3) is 0.312. The Morgan fingerprint density at radius 3 is 2.38 bits per heavy atom. The van der Waals surface area contributed by atoms with Gasteiger partial charge in [0.05, 0.1) is 12.5 Å². The molecule has 2 aromatic rings. The minimum Gasteiger partial charge on any atom is -0.491 e. The van der Waals surface area contributed by atoms with Crippen molar-refractivity contribution in [3.63, 3.8) is 0 Å². The maximum Gasteiger partial charge on any atom is 0.205 e. The van der Waals surface area contributed by atoms with E-state index in [9.17, 15) is 9.59 Å². The number of aromatic nitrogens is 2. The van der Waals surface area contributed by atoms with Crippen molar-refractivity contribution < 1.29 is 14.3 Å². The van der Waals surface area contributed by atoms with Crippen LogP contribution in [0.25, 0.3) is 0 Å². The van der Waals surface area contributed by atoms with Crippen molar-refractivity contribution in [1.29, 1.82) is 0 Å². The number of carbonyl (C=O) groups excluding carboxylic acids is 2. The number of nitrogens with zero attached hydrogens (tertiary/aromatic N) is 2. The Morgan fingerprint density at radius 1 is 1.19 bits per heavy atom. The van der Waals surface area contributed by atoms with Gasteiger partial charge in [-0.25, -0.2) is 4.98 Å². The Morgan fingerprint density at radius 2 is 1.86 bits per heavy atom. The Hall–Kier alpha value is -2.43. The lowest BCUT2D eigenvalue weighted by molar-refractivity contribution is 0.0886. The molecule has 0 saturated heterocycles. The van der Waals surface area contributed by atoms with Crippen LogP contribution in [-0.2, 0) is 7.05 Å². The molecule has 0 N–H and O–H groups in total. The van der Waals surface area contributed by atoms with Crippen LogP contribution in [0.1, 0.15) is 41.2 Å². The second-order valence-electron chi connectivity index (χ2n) is 5.08. The highest BCUT2D eigenvalue weighted by molar-refractivity contribution is 6.12. The molecule has 110 valence electrons. The van der Waals surface area contributed by atoms with Gasteiger partial charge in [-0.3, -0.25) is 9.59 Å². The molecule has 5 nitrogen and oxygen atoms in total. The fourth-order valence-corrected chi connectivity index (χ4v) is 1.95. The van der Waals surface area contributed by atoms with Gasteiger partial charge in [-0.15, -0.1) is 0 Å². The third kappa shape index (κ3) is 3.78. The van der Waals surface area contributed by atoms with Crippen molar-refractivity contribution in [2.45, 2.75) is 26.4 Å². The van der Waals surface area contributed by atoms with Crippen molar-refractivity contribution in [2.75, 3.05) is 0 Å². The Bertz CT molecular complexity index is 642. The predicted octanol–water partition coefficient (Wildman–Crippen LogP) is 2.66. The van der Waals surface area contributed by atoms with Gasteiger partial charge in [-0.2, -0.15) is 0 Å². The normalized spacial score (nSPS) is 10.7. The molecule has 1 aromatic carbocycles. The fourth-order valence-electron chi connectivity index (χ4n) is 1.95. The Kier molecular flexibility index (Phi) is 4.52. The highest BCUT2D eigenvalue weighted by Gasteiger charge is 2.17. The van der Waals surface area contributed by atoms with E-state index in [1.54, 1.807) is 42.1 Å². The Labute approximate surface area is 123 Å². The molecule has 21 heavy (non-hydrogen) atoms. The van der Waals surface area contributed by atoms with E-state index >= 15 is 0 Å². The van der Waals surface area contributed by atoms with E-state index in [4.69, 9.17) is 4.74 Å². The van der Waals surface area contributed by atoms with Gasteiger partial charge in [-0.1, -0.05) is 0 Å². The predicted molar refractivity (Wildman–Crippen MR) is 78.7 cm³/mol. The molecule has 1 aromatic heterocycles.